The molecule has 0 atom stereocenters. The zero-order valence-corrected chi connectivity index (χ0v) is 15.6. The van der Waals surface area contributed by atoms with Gasteiger partial charge in [-0.25, -0.2) is 4.79 Å². The van der Waals surface area contributed by atoms with Crippen molar-refractivity contribution in [2.75, 3.05) is 0 Å². The van der Waals surface area contributed by atoms with Gasteiger partial charge >= 0.3 is 5.97 Å². The van der Waals surface area contributed by atoms with Gasteiger partial charge in [0.25, 0.3) is 0 Å². The highest BCUT2D eigenvalue weighted by Crippen LogP contribution is 2.25. The second-order valence-electron chi connectivity index (χ2n) is 6.18. The second-order valence-corrected chi connectivity index (χ2v) is 6.58. The summed E-state index contributed by atoms with van der Waals surface area (Å²) < 4.78 is 2.00. The van der Waals surface area contributed by atoms with Crippen LogP contribution in [0.5, 0.6) is 0 Å². The Hall–Kier alpha value is -2.85. The Morgan fingerprint density at radius 3 is 2.54 bits per heavy atom. The molecule has 4 nitrogen and oxygen atoms in total. The van der Waals surface area contributed by atoms with Crippen molar-refractivity contribution in [3.05, 3.63) is 81.6 Å². The first kappa shape index (κ1) is 18.0. The second kappa shape index (κ2) is 7.18. The number of aromatic carboxylic acids is 1. The Morgan fingerprint density at radius 2 is 1.85 bits per heavy atom. The molecule has 0 saturated heterocycles. The summed E-state index contributed by atoms with van der Waals surface area (Å²) in [7, 11) is 0. The first-order valence-electron chi connectivity index (χ1n) is 8.20. The molecule has 0 spiro atoms. The summed E-state index contributed by atoms with van der Waals surface area (Å²) in [6.07, 6.45) is 1.84. The number of rotatable bonds is 4. The highest BCUT2D eigenvalue weighted by molar-refractivity contribution is 6.33. The van der Waals surface area contributed by atoms with E-state index >= 15 is 0 Å². The molecule has 3 rings (SSSR count). The zero-order valence-electron chi connectivity index (χ0n) is 14.8. The van der Waals surface area contributed by atoms with Crippen molar-refractivity contribution in [2.24, 2.45) is 4.99 Å². The fourth-order valence-corrected chi connectivity index (χ4v) is 3.18. The van der Waals surface area contributed by atoms with Crippen molar-refractivity contribution in [2.45, 2.75) is 20.8 Å². The molecule has 0 aliphatic carbocycles. The van der Waals surface area contributed by atoms with Crippen LogP contribution in [0, 0.1) is 20.8 Å². The molecular formula is C21H19ClN2O2. The average molecular weight is 367 g/mol. The van der Waals surface area contributed by atoms with Gasteiger partial charge in [-0.3, -0.25) is 4.99 Å². The summed E-state index contributed by atoms with van der Waals surface area (Å²) in [6, 6.07) is 15.0. The van der Waals surface area contributed by atoms with Crippen molar-refractivity contribution in [3.8, 4) is 5.69 Å². The Labute approximate surface area is 157 Å². The highest BCUT2D eigenvalue weighted by atomic mass is 35.5. The number of nitrogens with zero attached hydrogens (tertiary/aromatic N) is 2. The third kappa shape index (κ3) is 3.41. The minimum Gasteiger partial charge on any atom is -0.478 e. The maximum atomic E-state index is 11.4. The minimum absolute atomic E-state index is 0.0896. The lowest BCUT2D eigenvalue weighted by Crippen LogP contribution is -2.03. The highest BCUT2D eigenvalue weighted by Gasteiger charge is 2.14. The number of benzene rings is 2. The van der Waals surface area contributed by atoms with E-state index in [4.69, 9.17) is 11.6 Å². The van der Waals surface area contributed by atoms with Crippen LogP contribution >= 0.6 is 11.6 Å². The largest absolute Gasteiger partial charge is 0.478 e. The summed E-state index contributed by atoms with van der Waals surface area (Å²) in [6.45, 7) is 5.99. The van der Waals surface area contributed by atoms with Gasteiger partial charge in [0.05, 0.1) is 16.3 Å². The summed E-state index contributed by atoms with van der Waals surface area (Å²) >= 11 is 5.98. The van der Waals surface area contributed by atoms with Gasteiger partial charge in [0, 0.05) is 28.9 Å². The van der Waals surface area contributed by atoms with Crippen LogP contribution in [0.4, 0.5) is 5.69 Å². The summed E-state index contributed by atoms with van der Waals surface area (Å²) in [5.41, 5.74) is 5.85. The van der Waals surface area contributed by atoms with E-state index in [2.05, 4.69) is 4.99 Å². The van der Waals surface area contributed by atoms with E-state index < -0.39 is 5.97 Å². The van der Waals surface area contributed by atoms with Crippen LogP contribution < -0.4 is 0 Å². The number of carboxylic acid groups (broad SMARTS) is 1. The lowest BCUT2D eigenvalue weighted by atomic mass is 10.2. The van der Waals surface area contributed by atoms with Crippen LogP contribution in [0.25, 0.3) is 5.69 Å². The van der Waals surface area contributed by atoms with Gasteiger partial charge < -0.3 is 9.67 Å². The van der Waals surface area contributed by atoms with Gasteiger partial charge in [0.2, 0.25) is 0 Å². The van der Waals surface area contributed by atoms with E-state index in [0.717, 1.165) is 33.9 Å². The lowest BCUT2D eigenvalue weighted by molar-refractivity contribution is 0.0697. The number of halogens is 1. The summed E-state index contributed by atoms with van der Waals surface area (Å²) in [4.78, 5) is 15.9. The molecule has 1 aromatic heterocycles. The monoisotopic (exact) mass is 366 g/mol. The molecule has 132 valence electrons. The van der Waals surface area contributed by atoms with Crippen molar-refractivity contribution in [3.63, 3.8) is 0 Å². The molecule has 0 fully saturated rings. The lowest BCUT2D eigenvalue weighted by Gasteiger charge is -2.11. The van der Waals surface area contributed by atoms with Crippen LogP contribution in [0.3, 0.4) is 0 Å². The Balaban J connectivity index is 2.03. The van der Waals surface area contributed by atoms with Gasteiger partial charge in [-0.2, -0.15) is 0 Å². The van der Waals surface area contributed by atoms with Gasteiger partial charge in [0.1, 0.15) is 0 Å². The van der Waals surface area contributed by atoms with Crippen LogP contribution in [-0.2, 0) is 0 Å². The number of carboxylic acids is 1. The quantitative estimate of drug-likeness (QED) is 0.619. The molecule has 0 aliphatic heterocycles. The van der Waals surface area contributed by atoms with Crippen molar-refractivity contribution >= 4 is 29.5 Å². The minimum atomic E-state index is -1.04. The fraction of sp³-hybridized carbons (Fsp3) is 0.143. The van der Waals surface area contributed by atoms with Crippen molar-refractivity contribution < 1.29 is 9.90 Å². The van der Waals surface area contributed by atoms with Gasteiger partial charge in [-0.05, 0) is 56.7 Å². The molecule has 2 aromatic carbocycles. The molecule has 0 saturated carbocycles. The molecule has 1 heterocycles. The van der Waals surface area contributed by atoms with E-state index in [9.17, 15) is 9.90 Å². The average Bonchev–Trinajstić information content (AvgIpc) is 2.88. The van der Waals surface area contributed by atoms with Crippen LogP contribution in [0.2, 0.25) is 5.02 Å². The van der Waals surface area contributed by atoms with Crippen molar-refractivity contribution in [1.29, 1.82) is 0 Å². The molecule has 1 N–H and O–H groups in total. The third-order valence-electron chi connectivity index (χ3n) is 4.37. The number of aliphatic imine (C=N–C) groups is 1. The Kier molecular flexibility index (Phi) is 4.96. The molecule has 26 heavy (non-hydrogen) atoms. The molecule has 0 bridgehead atoms. The fourth-order valence-electron chi connectivity index (χ4n) is 2.98. The molecular weight excluding hydrogens is 348 g/mol. The van der Waals surface area contributed by atoms with Crippen molar-refractivity contribution in [1.82, 2.24) is 4.57 Å². The topological polar surface area (TPSA) is 54.6 Å². The molecule has 0 radical (unpaired) electrons. The predicted molar refractivity (Wildman–Crippen MR) is 106 cm³/mol. The summed E-state index contributed by atoms with van der Waals surface area (Å²) in [5.74, 6) is -1.04. The number of aromatic nitrogens is 1. The van der Waals surface area contributed by atoms with Crippen LogP contribution in [0.15, 0.2) is 53.5 Å². The van der Waals surface area contributed by atoms with E-state index in [0.29, 0.717) is 0 Å². The van der Waals surface area contributed by atoms with Gasteiger partial charge in [-0.15, -0.1) is 0 Å². The SMILES string of the molecule is Cc1ccccc1N=Cc1cc(C)n(-c2ccc(Cl)c(C(=O)O)c2)c1C. The number of hydrogen-bond acceptors (Lipinski definition) is 2. The molecule has 5 heteroatoms. The smallest absolute Gasteiger partial charge is 0.337 e. The number of aryl methyl sites for hydroxylation is 2. The number of hydrogen-bond donors (Lipinski definition) is 1. The van der Waals surface area contributed by atoms with E-state index in [1.54, 1.807) is 12.1 Å². The van der Waals surface area contributed by atoms with Gasteiger partial charge in [-0.1, -0.05) is 29.8 Å². The summed E-state index contributed by atoms with van der Waals surface area (Å²) in [5, 5.41) is 9.53. The Bertz CT molecular complexity index is 1020. The number of para-hydroxylation sites is 1. The molecule has 0 amide bonds. The predicted octanol–water partition coefficient (Wildman–Crippen LogP) is 5.50. The molecule has 3 aromatic rings. The third-order valence-corrected chi connectivity index (χ3v) is 4.70. The van der Waals surface area contributed by atoms with E-state index in [1.807, 2.05) is 68.0 Å². The normalized spacial score (nSPS) is 11.2. The molecule has 0 aliphatic rings. The van der Waals surface area contributed by atoms with Gasteiger partial charge in [0.15, 0.2) is 0 Å². The van der Waals surface area contributed by atoms with Crippen LogP contribution in [0.1, 0.15) is 32.9 Å². The first-order chi connectivity index (χ1) is 12.4. The first-order valence-corrected chi connectivity index (χ1v) is 8.58. The maximum Gasteiger partial charge on any atom is 0.337 e. The number of carbonyl (C=O) groups is 1. The molecule has 0 unspecified atom stereocenters. The standard InChI is InChI=1S/C21H19ClN2O2/c1-13-6-4-5-7-20(13)23-12-16-10-14(2)24(15(16)3)17-8-9-19(22)18(11-17)21(25)26/h4-12H,1-3H3,(H,25,26). The van der Waals surface area contributed by atoms with E-state index in [-0.39, 0.29) is 10.6 Å². The van der Waals surface area contributed by atoms with Crippen LogP contribution in [-0.4, -0.2) is 21.9 Å². The van der Waals surface area contributed by atoms with E-state index in [1.165, 1.54) is 0 Å². The maximum absolute atomic E-state index is 11.4. The zero-order chi connectivity index (χ0) is 18.8. The Morgan fingerprint density at radius 1 is 1.12 bits per heavy atom.